The van der Waals surface area contributed by atoms with Gasteiger partial charge in [-0.25, -0.2) is 9.78 Å². The lowest BCUT2D eigenvalue weighted by atomic mass is 9.96. The van der Waals surface area contributed by atoms with E-state index in [1.807, 2.05) is 0 Å². The molecular weight excluding hydrogens is 228 g/mol. The van der Waals surface area contributed by atoms with Gasteiger partial charge in [0, 0.05) is 16.9 Å². The Morgan fingerprint density at radius 2 is 2.25 bits per heavy atom. The Morgan fingerprint density at radius 3 is 2.75 bits per heavy atom. The molecule has 0 fully saturated rings. The molecule has 1 aromatic rings. The summed E-state index contributed by atoms with van der Waals surface area (Å²) < 4.78 is 8.81. The molecule has 6 nitrogen and oxygen atoms in total. The van der Waals surface area contributed by atoms with E-state index in [-0.39, 0.29) is 12.0 Å². The van der Waals surface area contributed by atoms with Crippen LogP contribution in [-0.4, -0.2) is 28.6 Å². The second-order valence-corrected chi connectivity index (χ2v) is 5.02. The van der Waals surface area contributed by atoms with Gasteiger partial charge in [0.1, 0.15) is 12.4 Å². The number of primary amides is 1. The second kappa shape index (κ2) is 5.11. The highest BCUT2D eigenvalue weighted by Gasteiger charge is 2.19. The standard InChI is InChI=1S/C9H16N4O2S/c1-9(2,3)6-12-8(16-13-6)11-4-5-15-7(10)14/h4-5H2,1-3H3,(H2,10,14)(H,11,12,13). The number of amides is 1. The van der Waals surface area contributed by atoms with Gasteiger partial charge in [-0.05, 0) is 0 Å². The maximum absolute atomic E-state index is 10.3. The molecule has 16 heavy (non-hydrogen) atoms. The van der Waals surface area contributed by atoms with Gasteiger partial charge in [0.15, 0.2) is 0 Å². The van der Waals surface area contributed by atoms with Crippen LogP contribution in [0.4, 0.5) is 9.93 Å². The molecule has 1 aromatic heterocycles. The summed E-state index contributed by atoms with van der Waals surface area (Å²) in [7, 11) is 0. The van der Waals surface area contributed by atoms with Gasteiger partial charge < -0.3 is 15.8 Å². The highest BCUT2D eigenvalue weighted by Crippen LogP contribution is 2.22. The predicted molar refractivity (Wildman–Crippen MR) is 62.6 cm³/mol. The third kappa shape index (κ3) is 4.01. The number of rotatable bonds is 4. The Kier molecular flexibility index (Phi) is 4.05. The monoisotopic (exact) mass is 244 g/mol. The summed E-state index contributed by atoms with van der Waals surface area (Å²) >= 11 is 1.29. The summed E-state index contributed by atoms with van der Waals surface area (Å²) in [6.45, 7) is 6.85. The van der Waals surface area contributed by atoms with Crippen LogP contribution in [0.5, 0.6) is 0 Å². The Balaban J connectivity index is 2.38. The zero-order valence-corrected chi connectivity index (χ0v) is 10.4. The van der Waals surface area contributed by atoms with Gasteiger partial charge in [0.25, 0.3) is 0 Å². The third-order valence-corrected chi connectivity index (χ3v) is 2.39. The third-order valence-electron chi connectivity index (χ3n) is 1.72. The maximum atomic E-state index is 10.3. The minimum atomic E-state index is -0.769. The number of nitrogens with one attached hydrogen (secondary N) is 1. The molecule has 0 aliphatic carbocycles. The lowest BCUT2D eigenvalue weighted by Crippen LogP contribution is -2.18. The van der Waals surface area contributed by atoms with Crippen molar-refractivity contribution in [2.75, 3.05) is 18.5 Å². The Bertz CT molecular complexity index is 359. The summed E-state index contributed by atoms with van der Waals surface area (Å²) in [5.41, 5.74) is 4.76. The van der Waals surface area contributed by atoms with E-state index >= 15 is 0 Å². The average Bonchev–Trinajstić information content (AvgIpc) is 2.59. The van der Waals surface area contributed by atoms with E-state index in [2.05, 4.69) is 40.2 Å². The van der Waals surface area contributed by atoms with Crippen LogP contribution in [0.1, 0.15) is 26.6 Å². The predicted octanol–water partition coefficient (Wildman–Crippen LogP) is 1.34. The minimum absolute atomic E-state index is 0.0554. The molecule has 0 saturated heterocycles. The topological polar surface area (TPSA) is 90.1 Å². The van der Waals surface area contributed by atoms with Crippen molar-refractivity contribution in [3.8, 4) is 0 Å². The number of hydrogen-bond donors (Lipinski definition) is 2. The fourth-order valence-corrected chi connectivity index (χ4v) is 1.69. The molecule has 0 spiro atoms. The molecule has 0 bridgehead atoms. The molecule has 0 unspecified atom stereocenters. The molecule has 3 N–H and O–H groups in total. The molecule has 0 aliphatic heterocycles. The van der Waals surface area contributed by atoms with Crippen molar-refractivity contribution in [3.63, 3.8) is 0 Å². The second-order valence-electron chi connectivity index (χ2n) is 4.27. The van der Waals surface area contributed by atoms with Gasteiger partial charge in [-0.3, -0.25) is 0 Å². The molecular formula is C9H16N4O2S. The molecule has 90 valence electrons. The van der Waals surface area contributed by atoms with Crippen LogP contribution >= 0.6 is 11.5 Å². The van der Waals surface area contributed by atoms with Gasteiger partial charge in [0.2, 0.25) is 5.13 Å². The lowest BCUT2D eigenvalue weighted by molar-refractivity contribution is 0.161. The van der Waals surface area contributed by atoms with Crippen molar-refractivity contribution in [2.45, 2.75) is 26.2 Å². The van der Waals surface area contributed by atoms with Gasteiger partial charge in [0.05, 0.1) is 6.54 Å². The smallest absolute Gasteiger partial charge is 0.404 e. The number of nitrogens with two attached hydrogens (primary N) is 1. The van der Waals surface area contributed by atoms with E-state index in [1.54, 1.807) is 0 Å². The van der Waals surface area contributed by atoms with Crippen molar-refractivity contribution >= 4 is 22.8 Å². The fraction of sp³-hybridized carbons (Fsp3) is 0.667. The SMILES string of the molecule is CC(C)(C)c1nsc(NCCOC(N)=O)n1. The van der Waals surface area contributed by atoms with Crippen LogP contribution < -0.4 is 11.1 Å². The van der Waals surface area contributed by atoms with Crippen molar-refractivity contribution in [3.05, 3.63) is 5.82 Å². The van der Waals surface area contributed by atoms with Crippen molar-refractivity contribution in [1.29, 1.82) is 0 Å². The molecule has 0 aliphatic rings. The van der Waals surface area contributed by atoms with Crippen LogP contribution in [0.3, 0.4) is 0 Å². The number of aromatic nitrogens is 2. The van der Waals surface area contributed by atoms with Crippen LogP contribution in [0, 0.1) is 0 Å². The van der Waals surface area contributed by atoms with Gasteiger partial charge in [-0.2, -0.15) is 4.37 Å². The van der Waals surface area contributed by atoms with E-state index in [0.29, 0.717) is 6.54 Å². The molecule has 7 heteroatoms. The molecule has 0 radical (unpaired) electrons. The zero-order valence-electron chi connectivity index (χ0n) is 9.61. The molecule has 0 saturated carbocycles. The van der Waals surface area contributed by atoms with Crippen molar-refractivity contribution in [2.24, 2.45) is 5.73 Å². The summed E-state index contributed by atoms with van der Waals surface area (Å²) in [5, 5.41) is 3.72. The highest BCUT2D eigenvalue weighted by molar-refractivity contribution is 7.09. The molecule has 1 heterocycles. The van der Waals surface area contributed by atoms with Crippen molar-refractivity contribution in [1.82, 2.24) is 9.36 Å². The van der Waals surface area contributed by atoms with Gasteiger partial charge in [-0.15, -0.1) is 0 Å². The Hall–Kier alpha value is -1.37. The normalized spacial score (nSPS) is 11.2. The first-order chi connectivity index (χ1) is 7.39. The first-order valence-electron chi connectivity index (χ1n) is 4.90. The minimum Gasteiger partial charge on any atom is -0.448 e. The van der Waals surface area contributed by atoms with E-state index in [0.717, 1.165) is 11.0 Å². The van der Waals surface area contributed by atoms with E-state index in [9.17, 15) is 4.79 Å². The summed E-state index contributed by atoms with van der Waals surface area (Å²) in [6.07, 6.45) is -0.769. The van der Waals surface area contributed by atoms with Crippen LogP contribution in [-0.2, 0) is 10.2 Å². The van der Waals surface area contributed by atoms with Gasteiger partial charge in [-0.1, -0.05) is 20.8 Å². The molecule has 1 rings (SSSR count). The Labute approximate surface area is 98.4 Å². The fourth-order valence-electron chi connectivity index (χ4n) is 0.910. The number of hydrogen-bond acceptors (Lipinski definition) is 6. The average molecular weight is 244 g/mol. The summed E-state index contributed by atoms with van der Waals surface area (Å²) in [4.78, 5) is 14.6. The number of ether oxygens (including phenoxy) is 1. The summed E-state index contributed by atoms with van der Waals surface area (Å²) in [5.74, 6) is 0.802. The number of carbonyl (C=O) groups is 1. The van der Waals surface area contributed by atoms with Crippen LogP contribution in [0.15, 0.2) is 0 Å². The first-order valence-corrected chi connectivity index (χ1v) is 5.67. The highest BCUT2D eigenvalue weighted by atomic mass is 32.1. The molecule has 0 atom stereocenters. The number of anilines is 1. The summed E-state index contributed by atoms with van der Waals surface area (Å²) in [6, 6.07) is 0. The van der Waals surface area contributed by atoms with E-state index in [1.165, 1.54) is 11.5 Å². The van der Waals surface area contributed by atoms with E-state index in [4.69, 9.17) is 5.73 Å². The quantitative estimate of drug-likeness (QED) is 0.780. The van der Waals surface area contributed by atoms with Crippen LogP contribution in [0.2, 0.25) is 0 Å². The first kappa shape index (κ1) is 12.7. The molecule has 0 aromatic carbocycles. The molecule has 1 amide bonds. The largest absolute Gasteiger partial charge is 0.448 e. The van der Waals surface area contributed by atoms with E-state index < -0.39 is 6.09 Å². The Morgan fingerprint density at radius 1 is 1.56 bits per heavy atom. The van der Waals surface area contributed by atoms with Crippen molar-refractivity contribution < 1.29 is 9.53 Å². The maximum Gasteiger partial charge on any atom is 0.404 e. The van der Waals surface area contributed by atoms with Gasteiger partial charge >= 0.3 is 6.09 Å². The van der Waals surface area contributed by atoms with Crippen LogP contribution in [0.25, 0.3) is 0 Å². The number of carbonyl (C=O) groups excluding carboxylic acids is 1. The number of nitrogens with zero attached hydrogens (tertiary/aromatic N) is 2. The lowest BCUT2D eigenvalue weighted by Gasteiger charge is -2.12. The zero-order chi connectivity index (χ0) is 12.2.